The lowest BCUT2D eigenvalue weighted by Crippen LogP contribution is -2.65. The van der Waals surface area contributed by atoms with E-state index in [0.29, 0.717) is 36.6 Å². The summed E-state index contributed by atoms with van der Waals surface area (Å²) >= 11 is 6.99. The summed E-state index contributed by atoms with van der Waals surface area (Å²) in [6.07, 6.45) is -1.05. The Balaban J connectivity index is 1.37. The van der Waals surface area contributed by atoms with Crippen molar-refractivity contribution in [3.63, 3.8) is 0 Å². The highest BCUT2D eigenvalue weighted by molar-refractivity contribution is 6.31. The smallest absolute Gasteiger partial charge is 0.130 e. The molecule has 310 valence electrons. The molecule has 0 spiro atoms. The summed E-state index contributed by atoms with van der Waals surface area (Å²) in [7, 11) is 0. The first kappa shape index (κ1) is 43.1. The highest BCUT2D eigenvalue weighted by Gasteiger charge is 2.58. The minimum Gasteiger partial charge on any atom is -0.508 e. The maximum atomic E-state index is 12.2. The summed E-state index contributed by atoms with van der Waals surface area (Å²) in [5.41, 5.74) is 7.29. The first-order chi connectivity index (χ1) is 29.3. The topological polar surface area (TPSA) is 66.4 Å². The van der Waals surface area contributed by atoms with Crippen LogP contribution in [0.5, 0.6) is 5.75 Å². The number of phenols is 1. The Morgan fingerprint density at radius 3 is 1.63 bits per heavy atom. The molecule has 1 N–H and O–H groups in total. The predicted octanol–water partition coefficient (Wildman–Crippen LogP) is 11.7. The predicted molar refractivity (Wildman–Crippen MR) is 239 cm³/mol. The van der Waals surface area contributed by atoms with Crippen molar-refractivity contribution in [3.8, 4) is 5.75 Å². The second-order valence-corrected chi connectivity index (χ2v) is 16.1. The third-order valence-corrected chi connectivity index (χ3v) is 11.4. The van der Waals surface area contributed by atoms with Crippen LogP contribution in [-0.4, -0.2) is 36.1 Å². The van der Waals surface area contributed by atoms with E-state index in [4.69, 9.17) is 35.3 Å². The summed E-state index contributed by atoms with van der Waals surface area (Å²) in [5, 5.41) is 12.6. The summed E-state index contributed by atoms with van der Waals surface area (Å²) in [6, 6.07) is 52.5. The molecule has 1 heterocycles. The Morgan fingerprint density at radius 1 is 0.633 bits per heavy atom. The third-order valence-electron chi connectivity index (χ3n) is 11.1. The van der Waals surface area contributed by atoms with Crippen molar-refractivity contribution >= 4 is 11.6 Å². The van der Waals surface area contributed by atoms with Crippen LogP contribution in [0, 0.1) is 0 Å². The van der Waals surface area contributed by atoms with Crippen LogP contribution in [0.1, 0.15) is 64.8 Å². The highest BCUT2D eigenvalue weighted by atomic mass is 35.5. The van der Waals surface area contributed by atoms with Gasteiger partial charge in [0.15, 0.2) is 0 Å². The van der Waals surface area contributed by atoms with E-state index < -0.39 is 30.0 Å². The van der Waals surface area contributed by atoms with Gasteiger partial charge in [-0.1, -0.05) is 170 Å². The molecule has 7 heteroatoms. The number of hydrogen-bond acceptors (Lipinski definition) is 6. The molecule has 0 bridgehead atoms. The normalized spacial score (nSPS) is 20.2. The number of hydrogen-bond donors (Lipinski definition) is 1. The quantitative estimate of drug-likeness (QED) is 0.0821. The van der Waals surface area contributed by atoms with Crippen molar-refractivity contribution in [1.82, 2.24) is 0 Å². The molecule has 7 rings (SSSR count). The Bertz CT molecular complexity index is 2230. The summed E-state index contributed by atoms with van der Waals surface area (Å²) in [5.74, 6) is -0.00550. The van der Waals surface area contributed by atoms with E-state index in [0.717, 1.165) is 45.4 Å². The van der Waals surface area contributed by atoms with Gasteiger partial charge in [-0.15, -0.1) is 6.58 Å². The first-order valence-electron chi connectivity index (χ1n) is 20.8. The molecule has 0 aromatic heterocycles. The maximum Gasteiger partial charge on any atom is 0.130 e. The second-order valence-electron chi connectivity index (χ2n) is 15.7. The van der Waals surface area contributed by atoms with E-state index >= 15 is 0 Å². The van der Waals surface area contributed by atoms with E-state index in [1.54, 1.807) is 6.07 Å². The molecule has 6 aromatic carbocycles. The Hall–Kier alpha value is -5.05. The molecule has 1 aliphatic heterocycles. The average Bonchev–Trinajstić information content (AvgIpc) is 3.27. The first-order valence-corrected chi connectivity index (χ1v) is 21.2. The molecule has 6 nitrogen and oxygen atoms in total. The van der Waals surface area contributed by atoms with Gasteiger partial charge in [-0.05, 0) is 70.8 Å². The fraction of sp³-hybridized carbons (Fsp3) is 0.283. The van der Waals surface area contributed by atoms with Crippen LogP contribution in [0.2, 0.25) is 5.02 Å². The number of ether oxygens (including phenoxy) is 5. The van der Waals surface area contributed by atoms with Gasteiger partial charge in [0, 0.05) is 17.0 Å². The van der Waals surface area contributed by atoms with Crippen LogP contribution in [0.3, 0.4) is 0 Å². The van der Waals surface area contributed by atoms with Gasteiger partial charge in [0.25, 0.3) is 0 Å². The Morgan fingerprint density at radius 2 is 1.12 bits per heavy atom. The molecule has 0 aliphatic carbocycles. The van der Waals surface area contributed by atoms with Gasteiger partial charge in [-0.2, -0.15) is 0 Å². The number of aryl methyl sites for hydroxylation is 1. The lowest BCUT2D eigenvalue weighted by molar-refractivity contribution is -0.313. The molecule has 1 saturated heterocycles. The van der Waals surface area contributed by atoms with E-state index in [2.05, 4.69) is 37.8 Å². The molecule has 6 aromatic rings. The van der Waals surface area contributed by atoms with Crippen molar-refractivity contribution in [3.05, 3.63) is 219 Å². The minimum atomic E-state index is -1.33. The minimum absolute atomic E-state index is 0.00550. The molecule has 5 atom stereocenters. The Labute approximate surface area is 360 Å². The van der Waals surface area contributed by atoms with Gasteiger partial charge < -0.3 is 28.8 Å². The van der Waals surface area contributed by atoms with Crippen molar-refractivity contribution in [2.45, 2.75) is 89.6 Å². The van der Waals surface area contributed by atoms with Gasteiger partial charge >= 0.3 is 0 Å². The molecule has 1 aliphatic rings. The van der Waals surface area contributed by atoms with E-state index in [9.17, 15) is 5.11 Å². The summed E-state index contributed by atoms with van der Waals surface area (Å²) < 4.78 is 35.3. The van der Waals surface area contributed by atoms with Gasteiger partial charge in [-0.3, -0.25) is 0 Å². The fourth-order valence-electron chi connectivity index (χ4n) is 8.05. The number of phenolic OH excluding ortho intramolecular Hbond substituents is 1. The lowest BCUT2D eigenvalue weighted by atomic mass is 9.75. The molecule has 60 heavy (non-hydrogen) atoms. The summed E-state index contributed by atoms with van der Waals surface area (Å²) in [4.78, 5) is 0. The van der Waals surface area contributed by atoms with Crippen LogP contribution in [0.4, 0.5) is 0 Å². The molecule has 0 unspecified atom stereocenters. The zero-order chi connectivity index (χ0) is 41.7. The second kappa shape index (κ2) is 21.0. The number of benzene rings is 6. The molecule has 0 saturated carbocycles. The van der Waals surface area contributed by atoms with E-state index in [1.165, 1.54) is 5.56 Å². The van der Waals surface area contributed by atoms with E-state index in [-0.39, 0.29) is 25.6 Å². The monoisotopic (exact) mass is 822 g/mol. The zero-order valence-corrected chi connectivity index (χ0v) is 35.3. The number of rotatable bonds is 19. The van der Waals surface area contributed by atoms with Gasteiger partial charge in [0.1, 0.15) is 35.8 Å². The molecular formula is C53H55ClO6. The van der Waals surface area contributed by atoms with Gasteiger partial charge in [0.2, 0.25) is 0 Å². The molecule has 1 fully saturated rings. The molecule has 0 radical (unpaired) electrons. The fourth-order valence-corrected chi connectivity index (χ4v) is 8.28. The average molecular weight is 823 g/mol. The maximum absolute atomic E-state index is 12.2. The van der Waals surface area contributed by atoms with Crippen LogP contribution in [-0.2, 0) is 68.6 Å². The standard InChI is InChI=1S/C53H55ClO6/c1-4-39-25-27-40(28-26-39)29-45-30-46(48(55)31-47(45)54)53(32-38(2)3)52(59-36-44-23-15-8-16-24-44)51(58-35-43-21-13-7-14-22-43)50(57-34-42-19-11-6-12-20-42)49(60-53)37-56-33-41-17-9-5-10-18-41/h5-28,30-31,49-52,55H,2,4,29,32-37H2,1,3H3/t49-,50-,51+,52-,53+/m1/s1. The molecule has 0 amide bonds. The Kier molecular flexibility index (Phi) is 15.0. The highest BCUT2D eigenvalue weighted by Crippen LogP contribution is 2.50. The summed E-state index contributed by atoms with van der Waals surface area (Å²) in [6.45, 7) is 9.93. The van der Waals surface area contributed by atoms with Crippen LogP contribution in [0.25, 0.3) is 0 Å². The number of aromatic hydroxyl groups is 1. The zero-order valence-electron chi connectivity index (χ0n) is 34.6. The largest absolute Gasteiger partial charge is 0.508 e. The van der Waals surface area contributed by atoms with Gasteiger partial charge in [-0.25, -0.2) is 0 Å². The van der Waals surface area contributed by atoms with Crippen molar-refractivity contribution in [1.29, 1.82) is 0 Å². The van der Waals surface area contributed by atoms with Crippen LogP contribution in [0.15, 0.2) is 170 Å². The lowest BCUT2D eigenvalue weighted by Gasteiger charge is -2.53. The molecular weight excluding hydrogens is 768 g/mol. The van der Waals surface area contributed by atoms with Crippen molar-refractivity contribution in [2.75, 3.05) is 6.61 Å². The van der Waals surface area contributed by atoms with Crippen molar-refractivity contribution in [2.24, 2.45) is 0 Å². The van der Waals surface area contributed by atoms with Crippen molar-refractivity contribution < 1.29 is 28.8 Å². The van der Waals surface area contributed by atoms with Crippen LogP contribution < -0.4 is 0 Å². The SMILES string of the molecule is C=C(C)C[C@@]1(c2cc(Cc3ccc(CC)cc3)c(Cl)cc2O)O[C@H](COCc2ccccc2)[C@@H](OCc2ccccc2)[C@H](OCc2ccccc2)[C@H]1OCc1ccccc1. The van der Waals surface area contributed by atoms with Crippen LogP contribution >= 0.6 is 11.6 Å². The van der Waals surface area contributed by atoms with E-state index in [1.807, 2.05) is 134 Å². The third kappa shape index (κ3) is 11.0. The number of halogens is 1. The van der Waals surface area contributed by atoms with Gasteiger partial charge in [0.05, 0.1) is 33.0 Å².